The van der Waals surface area contributed by atoms with E-state index in [-0.39, 0.29) is 0 Å². The molecule has 2 N–H and O–H groups in total. The molecule has 0 aromatic carbocycles. The Morgan fingerprint density at radius 1 is 1.57 bits per heavy atom. The molecule has 0 fully saturated rings. The first-order valence-corrected chi connectivity index (χ1v) is 5.09. The van der Waals surface area contributed by atoms with E-state index in [0.717, 1.165) is 43.9 Å². The summed E-state index contributed by atoms with van der Waals surface area (Å²) in [5.41, 5.74) is 2.29. The van der Waals surface area contributed by atoms with Gasteiger partial charge in [-0.2, -0.15) is 5.10 Å². The maximum atomic E-state index is 4.94. The van der Waals surface area contributed by atoms with E-state index < -0.39 is 0 Å². The summed E-state index contributed by atoms with van der Waals surface area (Å²) in [4.78, 5) is 0. The third kappa shape index (κ3) is 3.89. The number of ether oxygens (including phenoxy) is 1. The molecule has 1 aromatic rings. The summed E-state index contributed by atoms with van der Waals surface area (Å²) in [6, 6.07) is 2.11. The second-order valence-corrected chi connectivity index (χ2v) is 3.30. The van der Waals surface area contributed by atoms with E-state index in [2.05, 4.69) is 28.5 Å². The summed E-state index contributed by atoms with van der Waals surface area (Å²) < 4.78 is 4.94. The molecule has 0 aliphatic rings. The van der Waals surface area contributed by atoms with Crippen molar-refractivity contribution in [2.45, 2.75) is 26.3 Å². The van der Waals surface area contributed by atoms with Crippen LogP contribution < -0.4 is 5.32 Å². The van der Waals surface area contributed by atoms with Crippen molar-refractivity contribution in [3.05, 3.63) is 17.5 Å². The van der Waals surface area contributed by atoms with Gasteiger partial charge in [0.25, 0.3) is 0 Å². The van der Waals surface area contributed by atoms with Crippen LogP contribution in [-0.4, -0.2) is 30.5 Å². The molecule has 0 spiro atoms. The molecule has 0 saturated heterocycles. The normalized spacial score (nSPS) is 10.7. The highest BCUT2D eigenvalue weighted by Gasteiger charge is 1.98. The number of H-pyrrole nitrogens is 1. The minimum Gasteiger partial charge on any atom is -0.383 e. The summed E-state index contributed by atoms with van der Waals surface area (Å²) in [5, 5.41) is 10.5. The molecule has 0 unspecified atom stereocenters. The molecule has 0 aliphatic heterocycles. The second kappa shape index (κ2) is 6.56. The molecule has 1 rings (SSSR count). The number of hydrogen-bond donors (Lipinski definition) is 2. The van der Waals surface area contributed by atoms with Gasteiger partial charge < -0.3 is 10.1 Å². The van der Waals surface area contributed by atoms with Gasteiger partial charge in [-0.15, -0.1) is 0 Å². The first-order chi connectivity index (χ1) is 6.86. The molecule has 1 heterocycles. The van der Waals surface area contributed by atoms with E-state index in [4.69, 9.17) is 4.74 Å². The number of nitrogens with one attached hydrogen (secondary N) is 2. The summed E-state index contributed by atoms with van der Waals surface area (Å²) >= 11 is 0. The van der Waals surface area contributed by atoms with E-state index in [1.165, 1.54) is 0 Å². The molecule has 4 heteroatoms. The van der Waals surface area contributed by atoms with Crippen LogP contribution in [0, 0.1) is 0 Å². The van der Waals surface area contributed by atoms with Crippen molar-refractivity contribution in [3.63, 3.8) is 0 Å². The van der Waals surface area contributed by atoms with E-state index >= 15 is 0 Å². The lowest BCUT2D eigenvalue weighted by molar-refractivity contribution is 0.199. The quantitative estimate of drug-likeness (QED) is 0.643. The van der Waals surface area contributed by atoms with Gasteiger partial charge in [-0.3, -0.25) is 5.10 Å². The van der Waals surface area contributed by atoms with E-state index in [0.29, 0.717) is 0 Å². The van der Waals surface area contributed by atoms with Crippen LogP contribution in [0.15, 0.2) is 6.07 Å². The highest BCUT2D eigenvalue weighted by molar-refractivity contribution is 5.08. The number of methoxy groups -OCH3 is 1. The number of rotatable bonds is 7. The van der Waals surface area contributed by atoms with Crippen molar-refractivity contribution in [3.8, 4) is 0 Å². The van der Waals surface area contributed by atoms with Crippen LogP contribution in [0.5, 0.6) is 0 Å². The Morgan fingerprint density at radius 2 is 2.43 bits per heavy atom. The van der Waals surface area contributed by atoms with Crippen molar-refractivity contribution < 1.29 is 4.74 Å². The summed E-state index contributed by atoms with van der Waals surface area (Å²) in [5.74, 6) is 0. The molecule has 0 aliphatic carbocycles. The zero-order valence-electron chi connectivity index (χ0n) is 8.97. The van der Waals surface area contributed by atoms with Gasteiger partial charge in [0.05, 0.1) is 12.3 Å². The Bertz CT molecular complexity index is 247. The monoisotopic (exact) mass is 197 g/mol. The van der Waals surface area contributed by atoms with Crippen LogP contribution >= 0.6 is 0 Å². The predicted octanol–water partition coefficient (Wildman–Crippen LogP) is 1.10. The number of nitrogens with zero attached hydrogens (tertiary/aromatic N) is 1. The molecular formula is C10H19N3O. The largest absolute Gasteiger partial charge is 0.383 e. The van der Waals surface area contributed by atoms with Gasteiger partial charge in [-0.25, -0.2) is 0 Å². The lowest BCUT2D eigenvalue weighted by Gasteiger charge is -2.00. The van der Waals surface area contributed by atoms with Crippen LogP contribution in [0.3, 0.4) is 0 Å². The van der Waals surface area contributed by atoms with Crippen molar-refractivity contribution in [1.29, 1.82) is 0 Å². The molecule has 1 aromatic heterocycles. The molecule has 80 valence electrons. The molecule has 0 saturated carbocycles. The fraction of sp³-hybridized carbons (Fsp3) is 0.700. The number of aromatic amines is 1. The van der Waals surface area contributed by atoms with Gasteiger partial charge in [0.1, 0.15) is 0 Å². The maximum Gasteiger partial charge on any atom is 0.0625 e. The van der Waals surface area contributed by atoms with Gasteiger partial charge >= 0.3 is 0 Å². The minimum absolute atomic E-state index is 0.746. The Balaban J connectivity index is 2.22. The molecule has 4 nitrogen and oxygen atoms in total. The Kier molecular flexibility index (Phi) is 5.25. The smallest absolute Gasteiger partial charge is 0.0625 e. The zero-order chi connectivity index (χ0) is 10.2. The predicted molar refractivity (Wildman–Crippen MR) is 56.2 cm³/mol. The average Bonchev–Trinajstić information content (AvgIpc) is 2.61. The van der Waals surface area contributed by atoms with Crippen LogP contribution in [0.4, 0.5) is 0 Å². The third-order valence-corrected chi connectivity index (χ3v) is 1.99. The number of hydrogen-bond acceptors (Lipinski definition) is 3. The Morgan fingerprint density at radius 3 is 3.14 bits per heavy atom. The second-order valence-electron chi connectivity index (χ2n) is 3.30. The van der Waals surface area contributed by atoms with Gasteiger partial charge in [0.2, 0.25) is 0 Å². The zero-order valence-corrected chi connectivity index (χ0v) is 8.97. The molecule has 14 heavy (non-hydrogen) atoms. The summed E-state index contributed by atoms with van der Waals surface area (Å²) in [6.07, 6.45) is 2.19. The van der Waals surface area contributed by atoms with Crippen LogP contribution in [0.1, 0.15) is 24.7 Å². The lowest BCUT2D eigenvalue weighted by Crippen LogP contribution is -2.18. The molecular weight excluding hydrogens is 178 g/mol. The van der Waals surface area contributed by atoms with Gasteiger partial charge in [-0.1, -0.05) is 13.3 Å². The van der Waals surface area contributed by atoms with Gasteiger partial charge in [0.15, 0.2) is 0 Å². The summed E-state index contributed by atoms with van der Waals surface area (Å²) in [6.45, 7) is 4.61. The van der Waals surface area contributed by atoms with E-state index in [1.54, 1.807) is 7.11 Å². The first kappa shape index (κ1) is 11.2. The standard InChI is InChI=1S/C10H19N3O/c1-3-4-9-7-10(13-12-9)8-11-5-6-14-2/h7,11H,3-6,8H2,1-2H3,(H,12,13). The highest BCUT2D eigenvalue weighted by atomic mass is 16.5. The Labute approximate surface area is 85.0 Å². The van der Waals surface area contributed by atoms with E-state index in [1.807, 2.05) is 0 Å². The number of aryl methyl sites for hydroxylation is 1. The van der Waals surface area contributed by atoms with Crippen molar-refractivity contribution in [1.82, 2.24) is 15.5 Å². The van der Waals surface area contributed by atoms with Gasteiger partial charge in [0, 0.05) is 25.9 Å². The van der Waals surface area contributed by atoms with Crippen LogP contribution in [0.25, 0.3) is 0 Å². The topological polar surface area (TPSA) is 49.9 Å². The fourth-order valence-corrected chi connectivity index (χ4v) is 1.28. The van der Waals surface area contributed by atoms with Gasteiger partial charge in [-0.05, 0) is 12.5 Å². The maximum absolute atomic E-state index is 4.94. The Hall–Kier alpha value is -0.870. The summed E-state index contributed by atoms with van der Waals surface area (Å²) in [7, 11) is 1.71. The molecule has 0 amide bonds. The van der Waals surface area contributed by atoms with Crippen molar-refractivity contribution >= 4 is 0 Å². The SMILES string of the molecule is CCCc1cc(CNCCOC)[nH]n1. The van der Waals surface area contributed by atoms with Crippen molar-refractivity contribution in [2.24, 2.45) is 0 Å². The average molecular weight is 197 g/mol. The minimum atomic E-state index is 0.746. The molecule has 0 radical (unpaired) electrons. The van der Waals surface area contributed by atoms with Crippen LogP contribution in [0.2, 0.25) is 0 Å². The lowest BCUT2D eigenvalue weighted by atomic mass is 10.2. The van der Waals surface area contributed by atoms with Crippen LogP contribution in [-0.2, 0) is 17.7 Å². The fourth-order valence-electron chi connectivity index (χ4n) is 1.28. The van der Waals surface area contributed by atoms with Crippen molar-refractivity contribution in [2.75, 3.05) is 20.3 Å². The first-order valence-electron chi connectivity index (χ1n) is 5.09. The van der Waals surface area contributed by atoms with E-state index in [9.17, 15) is 0 Å². The number of aromatic nitrogens is 2. The highest BCUT2D eigenvalue weighted by Crippen LogP contribution is 2.01. The molecule has 0 atom stereocenters. The third-order valence-electron chi connectivity index (χ3n) is 1.99. The molecule has 0 bridgehead atoms.